The van der Waals surface area contributed by atoms with Gasteiger partial charge in [0.15, 0.2) is 0 Å². The molecule has 0 fully saturated rings. The summed E-state index contributed by atoms with van der Waals surface area (Å²) in [4.78, 5) is 12.6. The van der Waals surface area contributed by atoms with E-state index in [-0.39, 0.29) is 29.1 Å². The second-order valence-electron chi connectivity index (χ2n) is 5.47. The maximum Gasteiger partial charge on any atom is 0.315 e. The first-order chi connectivity index (χ1) is 12.4. The first-order valence-corrected chi connectivity index (χ1v) is 10.5. The Labute approximate surface area is 157 Å². The van der Waals surface area contributed by atoms with Crippen LogP contribution in [-0.2, 0) is 23.1 Å². The zero-order chi connectivity index (χ0) is 19.2. The van der Waals surface area contributed by atoms with E-state index in [4.69, 9.17) is 0 Å². The van der Waals surface area contributed by atoms with Gasteiger partial charge in [-0.3, -0.25) is 0 Å². The fourth-order valence-electron chi connectivity index (χ4n) is 2.30. The van der Waals surface area contributed by atoms with E-state index in [0.717, 1.165) is 21.8 Å². The number of nitrogens with one attached hydrogen (secondary N) is 2. The zero-order valence-corrected chi connectivity index (χ0v) is 16.3. The number of carbonyl (C=O) groups is 1. The van der Waals surface area contributed by atoms with Crippen molar-refractivity contribution < 1.29 is 17.6 Å². The van der Waals surface area contributed by atoms with Gasteiger partial charge in [-0.15, -0.1) is 11.3 Å². The lowest BCUT2D eigenvalue weighted by molar-refractivity contribution is 0.240. The molecule has 0 spiro atoms. The number of carbonyl (C=O) groups excluding carboxylic acids is 1. The van der Waals surface area contributed by atoms with Crippen LogP contribution < -0.4 is 10.6 Å². The van der Waals surface area contributed by atoms with Gasteiger partial charge >= 0.3 is 6.03 Å². The van der Waals surface area contributed by atoms with Crippen LogP contribution in [-0.4, -0.2) is 31.8 Å². The minimum atomic E-state index is -3.48. The number of thiophene rings is 1. The Bertz CT molecular complexity index is 831. The smallest absolute Gasteiger partial charge is 0.315 e. The molecule has 0 aliphatic carbocycles. The van der Waals surface area contributed by atoms with Gasteiger partial charge in [-0.05, 0) is 29.8 Å². The molecule has 1 aromatic carbocycles. The highest BCUT2D eigenvalue weighted by Gasteiger charge is 2.23. The highest BCUT2D eigenvalue weighted by atomic mass is 32.2. The molecule has 0 aliphatic rings. The van der Waals surface area contributed by atoms with E-state index in [0.29, 0.717) is 13.1 Å². The minimum Gasteiger partial charge on any atom is -0.334 e. The van der Waals surface area contributed by atoms with Crippen molar-refractivity contribution in [1.29, 1.82) is 0 Å². The SMILES string of the molecule is CCN(CC)S(=O)(=O)c1ccc(CNC(=O)NCc2ccc(F)cc2)s1. The third-order valence-corrected chi connectivity index (χ3v) is 7.33. The molecule has 2 aromatic rings. The van der Waals surface area contributed by atoms with E-state index in [1.807, 2.05) is 0 Å². The van der Waals surface area contributed by atoms with Crippen molar-refractivity contribution in [3.63, 3.8) is 0 Å². The Kier molecular flexibility index (Phi) is 7.13. The Balaban J connectivity index is 1.87. The van der Waals surface area contributed by atoms with E-state index in [9.17, 15) is 17.6 Å². The van der Waals surface area contributed by atoms with Crippen LogP contribution in [0.1, 0.15) is 24.3 Å². The van der Waals surface area contributed by atoms with Crippen molar-refractivity contribution in [2.24, 2.45) is 0 Å². The van der Waals surface area contributed by atoms with Gasteiger partial charge in [-0.1, -0.05) is 26.0 Å². The number of halogens is 1. The number of rotatable bonds is 8. The normalized spacial score (nSPS) is 11.5. The van der Waals surface area contributed by atoms with Gasteiger partial charge in [-0.2, -0.15) is 4.31 Å². The topological polar surface area (TPSA) is 78.5 Å². The van der Waals surface area contributed by atoms with Crippen LogP contribution in [0.15, 0.2) is 40.6 Å². The number of urea groups is 1. The average Bonchev–Trinajstić information content (AvgIpc) is 3.10. The number of sulfonamides is 1. The number of amides is 2. The maximum atomic E-state index is 12.8. The number of benzene rings is 1. The summed E-state index contributed by atoms with van der Waals surface area (Å²) in [5.74, 6) is -0.327. The van der Waals surface area contributed by atoms with Crippen LogP contribution in [0.4, 0.5) is 9.18 Å². The number of nitrogens with zero attached hydrogens (tertiary/aromatic N) is 1. The predicted octanol–water partition coefficient (Wildman–Crippen LogP) is 2.92. The summed E-state index contributed by atoms with van der Waals surface area (Å²) < 4.78 is 39.4. The summed E-state index contributed by atoms with van der Waals surface area (Å²) in [5, 5.41) is 5.35. The van der Waals surface area contributed by atoms with Gasteiger partial charge in [0, 0.05) is 24.5 Å². The lowest BCUT2D eigenvalue weighted by atomic mass is 10.2. The standard InChI is InChI=1S/C17H22FN3O3S2/c1-3-21(4-2)26(23,24)16-10-9-15(25-16)12-20-17(22)19-11-13-5-7-14(18)8-6-13/h5-10H,3-4,11-12H2,1-2H3,(H2,19,20,22). The van der Waals surface area contributed by atoms with Crippen molar-refractivity contribution in [3.8, 4) is 0 Å². The lowest BCUT2D eigenvalue weighted by Crippen LogP contribution is -2.34. The highest BCUT2D eigenvalue weighted by Crippen LogP contribution is 2.24. The summed E-state index contributed by atoms with van der Waals surface area (Å²) >= 11 is 1.14. The van der Waals surface area contributed by atoms with Crippen molar-refractivity contribution in [3.05, 3.63) is 52.7 Å². The lowest BCUT2D eigenvalue weighted by Gasteiger charge is -2.16. The fourth-order valence-corrected chi connectivity index (χ4v) is 5.20. The second-order valence-corrected chi connectivity index (χ2v) is 8.81. The zero-order valence-electron chi connectivity index (χ0n) is 14.7. The third kappa shape index (κ3) is 5.26. The first kappa shape index (κ1) is 20.3. The largest absolute Gasteiger partial charge is 0.334 e. The maximum absolute atomic E-state index is 12.8. The quantitative estimate of drug-likeness (QED) is 0.716. The second kappa shape index (κ2) is 9.11. The molecule has 0 radical (unpaired) electrons. The molecule has 0 unspecified atom stereocenters. The molecule has 0 saturated carbocycles. The van der Waals surface area contributed by atoms with Gasteiger partial charge in [0.05, 0.1) is 6.54 Å². The molecular formula is C17H22FN3O3S2. The Hall–Kier alpha value is -1.97. The molecule has 2 amide bonds. The molecule has 1 heterocycles. The Morgan fingerprint density at radius 1 is 1.04 bits per heavy atom. The molecule has 142 valence electrons. The van der Waals surface area contributed by atoms with Gasteiger partial charge < -0.3 is 10.6 Å². The van der Waals surface area contributed by atoms with E-state index in [2.05, 4.69) is 10.6 Å². The van der Waals surface area contributed by atoms with Crippen LogP contribution in [0.3, 0.4) is 0 Å². The predicted molar refractivity (Wildman–Crippen MR) is 99.9 cm³/mol. The molecule has 0 saturated heterocycles. The summed E-state index contributed by atoms with van der Waals surface area (Å²) in [6.45, 7) is 4.92. The number of hydrogen-bond donors (Lipinski definition) is 2. The van der Waals surface area contributed by atoms with Crippen LogP contribution in [0.2, 0.25) is 0 Å². The molecule has 2 rings (SSSR count). The molecular weight excluding hydrogens is 377 g/mol. The Morgan fingerprint density at radius 3 is 2.27 bits per heavy atom. The fraction of sp³-hybridized carbons (Fsp3) is 0.353. The molecule has 0 aliphatic heterocycles. The average molecular weight is 400 g/mol. The van der Waals surface area contributed by atoms with Crippen LogP contribution in [0.25, 0.3) is 0 Å². The highest BCUT2D eigenvalue weighted by molar-refractivity contribution is 7.91. The molecule has 2 N–H and O–H groups in total. The van der Waals surface area contributed by atoms with Crippen molar-refractivity contribution in [2.45, 2.75) is 31.1 Å². The molecule has 1 aromatic heterocycles. The molecule has 6 nitrogen and oxygen atoms in total. The van der Waals surface area contributed by atoms with Crippen molar-refractivity contribution >= 4 is 27.4 Å². The molecule has 0 atom stereocenters. The summed E-state index contributed by atoms with van der Waals surface area (Å²) in [6.07, 6.45) is 0. The van der Waals surface area contributed by atoms with E-state index in [1.54, 1.807) is 38.1 Å². The molecule has 26 heavy (non-hydrogen) atoms. The van der Waals surface area contributed by atoms with E-state index in [1.165, 1.54) is 16.4 Å². The minimum absolute atomic E-state index is 0.230. The number of hydrogen-bond acceptors (Lipinski definition) is 4. The van der Waals surface area contributed by atoms with Crippen LogP contribution >= 0.6 is 11.3 Å². The Morgan fingerprint density at radius 2 is 1.65 bits per heavy atom. The monoisotopic (exact) mass is 399 g/mol. The van der Waals surface area contributed by atoms with E-state index < -0.39 is 10.0 Å². The van der Waals surface area contributed by atoms with Crippen molar-refractivity contribution in [1.82, 2.24) is 14.9 Å². The summed E-state index contributed by atoms with van der Waals surface area (Å²) in [7, 11) is -3.48. The van der Waals surface area contributed by atoms with Gasteiger partial charge in [-0.25, -0.2) is 17.6 Å². The van der Waals surface area contributed by atoms with Gasteiger partial charge in [0.2, 0.25) is 0 Å². The molecule has 0 bridgehead atoms. The van der Waals surface area contributed by atoms with Crippen LogP contribution in [0, 0.1) is 5.82 Å². The van der Waals surface area contributed by atoms with Crippen LogP contribution in [0.5, 0.6) is 0 Å². The van der Waals surface area contributed by atoms with Gasteiger partial charge in [0.1, 0.15) is 10.0 Å². The molecule has 9 heteroatoms. The van der Waals surface area contributed by atoms with Gasteiger partial charge in [0.25, 0.3) is 10.0 Å². The summed E-state index contributed by atoms with van der Waals surface area (Å²) in [5.41, 5.74) is 0.783. The third-order valence-electron chi connectivity index (χ3n) is 3.73. The summed E-state index contributed by atoms with van der Waals surface area (Å²) in [6, 6.07) is 8.73. The van der Waals surface area contributed by atoms with E-state index >= 15 is 0 Å². The first-order valence-electron chi connectivity index (χ1n) is 8.21. The van der Waals surface area contributed by atoms with Crippen molar-refractivity contribution in [2.75, 3.05) is 13.1 Å².